The molecule has 2 aromatic heterocycles. The van der Waals surface area contributed by atoms with E-state index in [-0.39, 0.29) is 0 Å². The maximum absolute atomic E-state index is 12.8. The monoisotopic (exact) mass is 424 g/mol. The summed E-state index contributed by atoms with van der Waals surface area (Å²) in [7, 11) is 4.94. The Labute approximate surface area is 171 Å². The second-order valence-electron chi connectivity index (χ2n) is 6.52. The summed E-state index contributed by atoms with van der Waals surface area (Å²) in [6, 6.07) is 5.22. The van der Waals surface area contributed by atoms with Gasteiger partial charge in [0, 0.05) is 30.7 Å². The second-order valence-corrected chi connectivity index (χ2v) is 7.36. The number of fused-ring (bicyclic) bond motifs is 1. The molecule has 0 unspecified atom stereocenters. The molecule has 0 aliphatic heterocycles. The highest BCUT2D eigenvalue weighted by Gasteiger charge is 2.19. The van der Waals surface area contributed by atoms with E-state index in [2.05, 4.69) is 15.6 Å². The van der Waals surface area contributed by atoms with Gasteiger partial charge < -0.3 is 10.6 Å². The number of aromatic nitrogens is 4. The van der Waals surface area contributed by atoms with Gasteiger partial charge in [-0.15, -0.1) is 0 Å². The molecule has 0 aliphatic carbocycles. The molecule has 0 amide bonds. The number of halogens is 2. The molecule has 0 saturated carbocycles. The number of rotatable bonds is 7. The molecule has 3 rings (SSSR count). The molecule has 3 aromatic rings. The Morgan fingerprint density at radius 1 is 1.11 bits per heavy atom. The fraction of sp³-hybridized carbons (Fsp3) is 0.389. The fourth-order valence-electron chi connectivity index (χ4n) is 3.02. The van der Waals surface area contributed by atoms with Crippen LogP contribution in [0.2, 0.25) is 10.0 Å². The van der Waals surface area contributed by atoms with Gasteiger partial charge in [0.1, 0.15) is 0 Å². The van der Waals surface area contributed by atoms with Crippen molar-refractivity contribution in [2.75, 3.05) is 25.5 Å². The van der Waals surface area contributed by atoms with Gasteiger partial charge in [-0.3, -0.25) is 18.5 Å². The van der Waals surface area contributed by atoms with Crippen molar-refractivity contribution in [1.29, 1.82) is 0 Å². The Kier molecular flexibility index (Phi) is 6.12. The molecule has 0 saturated heterocycles. The van der Waals surface area contributed by atoms with Gasteiger partial charge in [0.25, 0.3) is 5.56 Å². The predicted octanol–water partition coefficient (Wildman–Crippen LogP) is 1.81. The van der Waals surface area contributed by atoms with E-state index in [1.54, 1.807) is 23.7 Å². The highest BCUT2D eigenvalue weighted by atomic mass is 35.5. The van der Waals surface area contributed by atoms with E-state index >= 15 is 0 Å². The summed E-state index contributed by atoms with van der Waals surface area (Å²) in [6.07, 6.45) is 0.873. The standard InChI is InChI=1S/C18H22Cl2N6O2/c1-21-7-4-8-22-17-23-15-14(16(27)25(3)18(28)24(15)2)26(17)10-11-5-6-12(19)9-13(11)20/h5-6,9,21H,4,7-8,10H2,1-3H3,(H,22,23). The van der Waals surface area contributed by atoms with Crippen molar-refractivity contribution in [2.45, 2.75) is 13.0 Å². The number of anilines is 1. The van der Waals surface area contributed by atoms with Crippen LogP contribution in [0.5, 0.6) is 0 Å². The topological polar surface area (TPSA) is 85.9 Å². The molecule has 10 heteroatoms. The van der Waals surface area contributed by atoms with Crippen LogP contribution in [-0.4, -0.2) is 38.8 Å². The van der Waals surface area contributed by atoms with Crippen LogP contribution in [-0.2, 0) is 20.6 Å². The highest BCUT2D eigenvalue weighted by molar-refractivity contribution is 6.35. The van der Waals surface area contributed by atoms with Crippen LogP contribution in [0.4, 0.5) is 5.95 Å². The molecule has 8 nitrogen and oxygen atoms in total. The van der Waals surface area contributed by atoms with E-state index in [9.17, 15) is 9.59 Å². The van der Waals surface area contributed by atoms with Crippen LogP contribution in [0.15, 0.2) is 27.8 Å². The molecule has 0 radical (unpaired) electrons. The summed E-state index contributed by atoms with van der Waals surface area (Å²) in [5, 5.41) is 7.38. The average molecular weight is 425 g/mol. The molecule has 0 aliphatic rings. The summed E-state index contributed by atoms with van der Waals surface area (Å²) in [5.74, 6) is 0.510. The van der Waals surface area contributed by atoms with Crippen LogP contribution in [0, 0.1) is 0 Å². The van der Waals surface area contributed by atoms with Crippen molar-refractivity contribution in [3.8, 4) is 0 Å². The van der Waals surface area contributed by atoms with Crippen LogP contribution >= 0.6 is 23.2 Å². The maximum atomic E-state index is 12.8. The molecular formula is C18H22Cl2N6O2. The first kappa shape index (κ1) is 20.4. The molecule has 1 aromatic carbocycles. The number of hydrogen-bond acceptors (Lipinski definition) is 5. The summed E-state index contributed by atoms with van der Waals surface area (Å²) in [5.41, 5.74) is 0.632. The van der Waals surface area contributed by atoms with Crippen molar-refractivity contribution < 1.29 is 0 Å². The van der Waals surface area contributed by atoms with Crippen LogP contribution in [0.25, 0.3) is 11.2 Å². The molecule has 28 heavy (non-hydrogen) atoms. The zero-order valence-electron chi connectivity index (χ0n) is 15.9. The van der Waals surface area contributed by atoms with Crippen LogP contribution in [0.1, 0.15) is 12.0 Å². The zero-order chi connectivity index (χ0) is 20.4. The van der Waals surface area contributed by atoms with Crippen molar-refractivity contribution in [2.24, 2.45) is 14.1 Å². The van der Waals surface area contributed by atoms with Crippen molar-refractivity contribution >= 4 is 40.3 Å². The zero-order valence-corrected chi connectivity index (χ0v) is 17.4. The first-order chi connectivity index (χ1) is 13.3. The van der Waals surface area contributed by atoms with Crippen molar-refractivity contribution in [1.82, 2.24) is 24.0 Å². The summed E-state index contributed by atoms with van der Waals surface area (Å²) >= 11 is 12.3. The van der Waals surface area contributed by atoms with Gasteiger partial charge in [0.15, 0.2) is 11.2 Å². The van der Waals surface area contributed by atoms with Crippen molar-refractivity contribution in [3.63, 3.8) is 0 Å². The maximum Gasteiger partial charge on any atom is 0.332 e. The molecule has 2 N–H and O–H groups in total. The van der Waals surface area contributed by atoms with Gasteiger partial charge in [-0.25, -0.2) is 4.79 Å². The smallest absolute Gasteiger partial charge is 0.332 e. The normalized spacial score (nSPS) is 11.3. The molecule has 0 fully saturated rings. The van der Waals surface area contributed by atoms with Gasteiger partial charge in [-0.1, -0.05) is 29.3 Å². The van der Waals surface area contributed by atoms with E-state index in [0.29, 0.717) is 40.2 Å². The molecule has 2 heterocycles. The Morgan fingerprint density at radius 3 is 2.54 bits per heavy atom. The van der Waals surface area contributed by atoms with E-state index in [1.807, 2.05) is 13.1 Å². The Morgan fingerprint density at radius 2 is 1.86 bits per heavy atom. The van der Waals surface area contributed by atoms with Gasteiger partial charge >= 0.3 is 5.69 Å². The van der Waals surface area contributed by atoms with E-state index in [4.69, 9.17) is 23.2 Å². The third kappa shape index (κ3) is 3.80. The van der Waals surface area contributed by atoms with E-state index in [0.717, 1.165) is 23.1 Å². The minimum Gasteiger partial charge on any atom is -0.356 e. The summed E-state index contributed by atoms with van der Waals surface area (Å²) in [6.45, 7) is 1.82. The van der Waals surface area contributed by atoms with Crippen molar-refractivity contribution in [3.05, 3.63) is 54.6 Å². The molecule has 0 atom stereocenters. The second kappa shape index (κ2) is 8.38. The minimum absolute atomic E-state index is 0.314. The fourth-order valence-corrected chi connectivity index (χ4v) is 3.49. The molecule has 150 valence electrons. The third-order valence-electron chi connectivity index (χ3n) is 4.58. The van der Waals surface area contributed by atoms with Gasteiger partial charge in [0.2, 0.25) is 5.95 Å². The molecule has 0 bridgehead atoms. The van der Waals surface area contributed by atoms with Gasteiger partial charge in [-0.05, 0) is 37.7 Å². The van der Waals surface area contributed by atoms with E-state index in [1.165, 1.54) is 11.6 Å². The lowest BCUT2D eigenvalue weighted by Crippen LogP contribution is -2.37. The Balaban J connectivity index is 2.16. The quantitative estimate of drug-likeness (QED) is 0.564. The number of imidazole rings is 1. The Bertz CT molecular complexity index is 1130. The van der Waals surface area contributed by atoms with Gasteiger partial charge in [-0.2, -0.15) is 4.98 Å². The average Bonchev–Trinajstić information content (AvgIpc) is 3.02. The lowest BCUT2D eigenvalue weighted by Gasteiger charge is -2.12. The molecular weight excluding hydrogens is 403 g/mol. The third-order valence-corrected chi connectivity index (χ3v) is 5.17. The first-order valence-corrected chi connectivity index (χ1v) is 9.59. The van der Waals surface area contributed by atoms with Crippen LogP contribution in [0.3, 0.4) is 0 Å². The lowest BCUT2D eigenvalue weighted by molar-refractivity contribution is 0.702. The van der Waals surface area contributed by atoms with E-state index < -0.39 is 11.2 Å². The Hall–Kier alpha value is -2.29. The minimum atomic E-state index is -0.423. The SMILES string of the molecule is CNCCCNc1nc2c(c(=O)n(C)c(=O)n2C)n1Cc1ccc(Cl)cc1Cl. The number of aryl methyl sites for hydroxylation is 1. The summed E-state index contributed by atoms with van der Waals surface area (Å²) in [4.78, 5) is 29.7. The predicted molar refractivity (Wildman–Crippen MR) is 113 cm³/mol. The number of hydrogen-bond donors (Lipinski definition) is 2. The number of nitrogens with zero attached hydrogens (tertiary/aromatic N) is 4. The lowest BCUT2D eigenvalue weighted by atomic mass is 10.2. The number of nitrogens with one attached hydrogen (secondary N) is 2. The van der Waals surface area contributed by atoms with Crippen LogP contribution < -0.4 is 21.9 Å². The summed E-state index contributed by atoms with van der Waals surface area (Å²) < 4.78 is 4.20. The highest BCUT2D eigenvalue weighted by Crippen LogP contribution is 2.24. The largest absolute Gasteiger partial charge is 0.356 e. The first-order valence-electron chi connectivity index (χ1n) is 8.83. The number of benzene rings is 1. The van der Waals surface area contributed by atoms with Gasteiger partial charge in [0.05, 0.1) is 6.54 Å². The molecule has 0 spiro atoms.